The smallest absolute Gasteiger partial charge is 0.322 e. The number of nitrogens with zero attached hydrogens (tertiary/aromatic N) is 1. The maximum absolute atomic E-state index is 12.2. The molecule has 6 nitrogen and oxygen atoms in total. The minimum atomic E-state index is -0.875. The van der Waals surface area contributed by atoms with Crippen molar-refractivity contribution in [1.82, 2.24) is 4.90 Å². The van der Waals surface area contributed by atoms with Crippen LogP contribution in [0.4, 0.5) is 10.5 Å². The summed E-state index contributed by atoms with van der Waals surface area (Å²) in [7, 11) is 0. The minimum Gasteiger partial charge on any atom is -0.481 e. The number of aryl methyl sites for hydroxylation is 1. The van der Waals surface area contributed by atoms with Gasteiger partial charge in [0.1, 0.15) is 0 Å². The number of para-hydroxylation sites is 1. The van der Waals surface area contributed by atoms with Crippen LogP contribution in [0.15, 0.2) is 24.3 Å². The van der Waals surface area contributed by atoms with Crippen molar-refractivity contribution < 1.29 is 19.8 Å². The fraction of sp³-hybridized carbons (Fsp3) is 0.467. The van der Waals surface area contributed by atoms with Crippen LogP contribution in [0.3, 0.4) is 0 Å². The highest BCUT2D eigenvalue weighted by atomic mass is 16.4. The van der Waals surface area contributed by atoms with Crippen LogP contribution in [0, 0.1) is 0 Å². The molecular formula is C15H22N2O4. The Morgan fingerprint density at radius 3 is 2.52 bits per heavy atom. The number of carbonyl (C=O) groups is 2. The van der Waals surface area contributed by atoms with Gasteiger partial charge in [0.2, 0.25) is 0 Å². The van der Waals surface area contributed by atoms with Crippen molar-refractivity contribution >= 4 is 17.7 Å². The van der Waals surface area contributed by atoms with Crippen LogP contribution in [0.5, 0.6) is 0 Å². The van der Waals surface area contributed by atoms with Crippen molar-refractivity contribution in [2.75, 3.05) is 18.5 Å². The highest BCUT2D eigenvalue weighted by molar-refractivity contribution is 5.90. The molecule has 3 N–H and O–H groups in total. The third kappa shape index (κ3) is 5.43. The van der Waals surface area contributed by atoms with Crippen molar-refractivity contribution in [2.24, 2.45) is 0 Å². The number of urea groups is 1. The topological polar surface area (TPSA) is 89.9 Å². The standard InChI is InChI=1S/C15H22N2O4/c1-11(2)17(9-10-18)15(21)16-13-6-4-3-5-12(13)7-8-14(19)20/h3-6,11,18H,7-10H2,1-2H3,(H,16,21)(H,19,20). The first kappa shape index (κ1) is 17.0. The number of nitrogens with one attached hydrogen (secondary N) is 1. The number of rotatable bonds is 7. The molecule has 2 amide bonds. The average molecular weight is 294 g/mol. The number of aliphatic hydroxyl groups is 1. The first-order chi connectivity index (χ1) is 9.95. The number of benzene rings is 1. The van der Waals surface area contributed by atoms with Gasteiger partial charge >= 0.3 is 12.0 Å². The number of carboxylic acids is 1. The SMILES string of the molecule is CC(C)N(CCO)C(=O)Nc1ccccc1CCC(=O)O. The summed E-state index contributed by atoms with van der Waals surface area (Å²) < 4.78 is 0. The van der Waals surface area contributed by atoms with Gasteiger partial charge in [-0.1, -0.05) is 18.2 Å². The maximum atomic E-state index is 12.2. The summed E-state index contributed by atoms with van der Waals surface area (Å²) in [5, 5.41) is 20.6. The van der Waals surface area contributed by atoms with E-state index in [4.69, 9.17) is 10.2 Å². The first-order valence-electron chi connectivity index (χ1n) is 6.94. The minimum absolute atomic E-state index is 0.0113. The van der Waals surface area contributed by atoms with Crippen LogP contribution >= 0.6 is 0 Å². The van der Waals surface area contributed by atoms with Crippen molar-refractivity contribution in [2.45, 2.75) is 32.7 Å². The van der Waals surface area contributed by atoms with Gasteiger partial charge in [-0.15, -0.1) is 0 Å². The summed E-state index contributed by atoms with van der Waals surface area (Å²) in [5.41, 5.74) is 1.38. The molecule has 0 aliphatic heterocycles. The predicted octanol–water partition coefficient (Wildman–Crippen LogP) is 1.94. The lowest BCUT2D eigenvalue weighted by Gasteiger charge is -2.26. The van der Waals surface area contributed by atoms with Gasteiger partial charge in [-0.2, -0.15) is 0 Å². The largest absolute Gasteiger partial charge is 0.481 e. The van der Waals surface area contributed by atoms with E-state index in [1.807, 2.05) is 13.8 Å². The van der Waals surface area contributed by atoms with Crippen LogP contribution < -0.4 is 5.32 Å². The maximum Gasteiger partial charge on any atom is 0.322 e. The van der Waals surface area contributed by atoms with Gasteiger partial charge in [0, 0.05) is 24.7 Å². The summed E-state index contributed by atoms with van der Waals surface area (Å²) in [6.45, 7) is 3.88. The third-order valence-electron chi connectivity index (χ3n) is 3.09. The van der Waals surface area contributed by atoms with Gasteiger partial charge in [-0.25, -0.2) is 4.79 Å². The van der Waals surface area contributed by atoms with Gasteiger partial charge < -0.3 is 20.4 Å². The summed E-state index contributed by atoms with van der Waals surface area (Å²) >= 11 is 0. The Morgan fingerprint density at radius 1 is 1.29 bits per heavy atom. The second-order valence-electron chi connectivity index (χ2n) is 4.99. The molecule has 0 aliphatic carbocycles. The Bertz CT molecular complexity index is 488. The number of carbonyl (C=O) groups excluding carboxylic acids is 1. The molecule has 0 fully saturated rings. The molecule has 0 saturated carbocycles. The van der Waals surface area contributed by atoms with E-state index in [2.05, 4.69) is 5.32 Å². The van der Waals surface area contributed by atoms with E-state index < -0.39 is 5.97 Å². The van der Waals surface area contributed by atoms with Crippen molar-refractivity contribution in [1.29, 1.82) is 0 Å². The zero-order valence-corrected chi connectivity index (χ0v) is 12.4. The lowest BCUT2D eigenvalue weighted by atomic mass is 10.1. The Morgan fingerprint density at radius 2 is 1.95 bits per heavy atom. The molecule has 0 radical (unpaired) electrons. The number of hydrogen-bond acceptors (Lipinski definition) is 3. The summed E-state index contributed by atoms with van der Waals surface area (Å²) in [5.74, 6) is -0.875. The molecule has 0 aliphatic rings. The second kappa shape index (κ2) is 8.26. The lowest BCUT2D eigenvalue weighted by Crippen LogP contribution is -2.41. The summed E-state index contributed by atoms with van der Waals surface area (Å²) in [6.07, 6.45) is 0.366. The number of aliphatic carboxylic acids is 1. The van der Waals surface area contributed by atoms with Crippen LogP contribution in [0.1, 0.15) is 25.8 Å². The number of carboxylic acid groups (broad SMARTS) is 1. The molecule has 21 heavy (non-hydrogen) atoms. The normalized spacial score (nSPS) is 10.5. The monoisotopic (exact) mass is 294 g/mol. The highest BCUT2D eigenvalue weighted by Gasteiger charge is 2.17. The molecule has 1 rings (SSSR count). The number of hydrogen-bond donors (Lipinski definition) is 3. The molecular weight excluding hydrogens is 272 g/mol. The molecule has 0 atom stereocenters. The molecule has 0 aromatic heterocycles. The van der Waals surface area contributed by atoms with E-state index in [-0.39, 0.29) is 31.6 Å². The number of anilines is 1. The Kier molecular flexibility index (Phi) is 6.68. The highest BCUT2D eigenvalue weighted by Crippen LogP contribution is 2.18. The van der Waals surface area contributed by atoms with E-state index in [9.17, 15) is 9.59 Å². The average Bonchev–Trinajstić information content (AvgIpc) is 2.43. The Hall–Kier alpha value is -2.08. The molecule has 0 heterocycles. The molecule has 1 aromatic carbocycles. The quantitative estimate of drug-likeness (QED) is 0.717. The van der Waals surface area contributed by atoms with E-state index in [1.54, 1.807) is 24.3 Å². The fourth-order valence-electron chi connectivity index (χ4n) is 1.99. The van der Waals surface area contributed by atoms with Gasteiger partial charge in [0.15, 0.2) is 0 Å². The van der Waals surface area contributed by atoms with Crippen LogP contribution in [-0.4, -0.2) is 46.3 Å². The van der Waals surface area contributed by atoms with Crippen molar-refractivity contribution in [3.8, 4) is 0 Å². The van der Waals surface area contributed by atoms with Crippen molar-refractivity contribution in [3.05, 3.63) is 29.8 Å². The third-order valence-corrected chi connectivity index (χ3v) is 3.09. The molecule has 116 valence electrons. The second-order valence-corrected chi connectivity index (χ2v) is 4.99. The van der Waals surface area contributed by atoms with Crippen LogP contribution in [0.25, 0.3) is 0 Å². The Balaban J connectivity index is 2.81. The summed E-state index contributed by atoms with van der Waals surface area (Å²) in [6, 6.07) is 6.79. The zero-order valence-electron chi connectivity index (χ0n) is 12.4. The van der Waals surface area contributed by atoms with Gasteiger partial charge in [0.25, 0.3) is 0 Å². The summed E-state index contributed by atoms with van der Waals surface area (Å²) in [4.78, 5) is 24.4. The molecule has 6 heteroatoms. The number of aliphatic hydroxyl groups excluding tert-OH is 1. The van der Waals surface area contributed by atoms with Crippen LogP contribution in [-0.2, 0) is 11.2 Å². The van der Waals surface area contributed by atoms with E-state index in [1.165, 1.54) is 4.90 Å². The van der Waals surface area contributed by atoms with Crippen LogP contribution in [0.2, 0.25) is 0 Å². The van der Waals surface area contributed by atoms with Gasteiger partial charge in [0.05, 0.1) is 6.61 Å². The molecule has 0 unspecified atom stereocenters. The Labute approximate surface area is 124 Å². The molecule has 0 bridgehead atoms. The first-order valence-corrected chi connectivity index (χ1v) is 6.94. The molecule has 0 saturated heterocycles. The van der Waals surface area contributed by atoms with Crippen molar-refractivity contribution in [3.63, 3.8) is 0 Å². The van der Waals surface area contributed by atoms with Gasteiger partial charge in [-0.05, 0) is 31.9 Å². The lowest BCUT2D eigenvalue weighted by molar-refractivity contribution is -0.136. The zero-order chi connectivity index (χ0) is 15.8. The molecule has 1 aromatic rings. The van der Waals surface area contributed by atoms with E-state index in [0.29, 0.717) is 12.1 Å². The van der Waals surface area contributed by atoms with E-state index >= 15 is 0 Å². The molecule has 0 spiro atoms. The fourth-order valence-corrected chi connectivity index (χ4v) is 1.99. The predicted molar refractivity (Wildman–Crippen MR) is 80.3 cm³/mol. The van der Waals surface area contributed by atoms with Gasteiger partial charge in [-0.3, -0.25) is 4.79 Å². The van der Waals surface area contributed by atoms with E-state index in [0.717, 1.165) is 5.56 Å². The number of amides is 2.